The van der Waals surface area contributed by atoms with Crippen molar-refractivity contribution in [2.45, 2.75) is 46.0 Å². The SMILES string of the molecule is C=CCC(CN(C)C(C)C)Cn1cc2ncc(-c3c(C)cc(C(F)(F)F)cc3O)nc2n1. The monoisotopic (exact) mass is 447 g/mol. The summed E-state index contributed by atoms with van der Waals surface area (Å²) in [7, 11) is 2.08. The number of aromatic hydroxyl groups is 1. The lowest BCUT2D eigenvalue weighted by molar-refractivity contribution is -0.137. The number of alkyl halides is 3. The van der Waals surface area contributed by atoms with Gasteiger partial charge in [-0.05, 0) is 57.9 Å². The van der Waals surface area contributed by atoms with Crippen LogP contribution in [0, 0.1) is 12.8 Å². The molecule has 0 amide bonds. The maximum atomic E-state index is 13.0. The summed E-state index contributed by atoms with van der Waals surface area (Å²) >= 11 is 0. The Bertz CT molecular complexity index is 1080. The molecule has 0 spiro atoms. The smallest absolute Gasteiger partial charge is 0.416 e. The molecule has 9 heteroatoms. The van der Waals surface area contributed by atoms with Gasteiger partial charge in [0.15, 0.2) is 5.65 Å². The summed E-state index contributed by atoms with van der Waals surface area (Å²) in [5.74, 6) is -0.192. The summed E-state index contributed by atoms with van der Waals surface area (Å²) in [5.41, 5.74) is 0.782. The van der Waals surface area contributed by atoms with Crippen LogP contribution in [0.25, 0.3) is 22.4 Å². The number of allylic oxidation sites excluding steroid dienone is 1. The maximum absolute atomic E-state index is 13.0. The molecule has 1 N–H and O–H groups in total. The number of phenols is 1. The number of aromatic nitrogens is 4. The van der Waals surface area contributed by atoms with Crippen LogP contribution in [0.4, 0.5) is 13.2 Å². The standard InChI is InChI=1S/C23H28F3N5O/c1-6-7-16(11-30(5)14(2)3)12-31-13-19-22(29-31)28-18(10-27-19)21-15(4)8-17(9-20(21)32)23(24,25)26/h6,8-10,13-14,16,32H,1,7,11-12H2,2-5H3. The van der Waals surface area contributed by atoms with Gasteiger partial charge >= 0.3 is 6.18 Å². The lowest BCUT2D eigenvalue weighted by Gasteiger charge is -2.26. The molecule has 0 fully saturated rings. The van der Waals surface area contributed by atoms with Crippen LogP contribution >= 0.6 is 0 Å². The Hall–Kier alpha value is -2.94. The third-order valence-electron chi connectivity index (χ3n) is 5.55. The van der Waals surface area contributed by atoms with Crippen molar-refractivity contribution in [2.75, 3.05) is 13.6 Å². The Morgan fingerprint density at radius 3 is 2.59 bits per heavy atom. The fraction of sp³-hybridized carbons (Fsp3) is 0.435. The minimum atomic E-state index is -4.54. The van der Waals surface area contributed by atoms with Crippen LogP contribution in [0.2, 0.25) is 0 Å². The van der Waals surface area contributed by atoms with Gasteiger partial charge < -0.3 is 10.0 Å². The van der Waals surface area contributed by atoms with Gasteiger partial charge in [0.25, 0.3) is 0 Å². The van der Waals surface area contributed by atoms with Crippen LogP contribution in [0.3, 0.4) is 0 Å². The van der Waals surface area contributed by atoms with Crippen molar-refractivity contribution >= 4 is 11.2 Å². The van der Waals surface area contributed by atoms with Crippen molar-refractivity contribution in [3.63, 3.8) is 0 Å². The zero-order chi connectivity index (χ0) is 23.6. The van der Waals surface area contributed by atoms with E-state index in [2.05, 4.69) is 47.4 Å². The van der Waals surface area contributed by atoms with Crippen molar-refractivity contribution in [3.8, 4) is 17.0 Å². The molecule has 3 aromatic rings. The van der Waals surface area contributed by atoms with Gasteiger partial charge in [0, 0.05) is 24.7 Å². The number of halogens is 3. The zero-order valence-corrected chi connectivity index (χ0v) is 18.7. The minimum absolute atomic E-state index is 0.213. The predicted octanol–water partition coefficient (Wildman–Crippen LogP) is 5.06. The van der Waals surface area contributed by atoms with E-state index in [9.17, 15) is 18.3 Å². The van der Waals surface area contributed by atoms with Gasteiger partial charge in [-0.2, -0.15) is 18.3 Å². The Morgan fingerprint density at radius 2 is 2.00 bits per heavy atom. The van der Waals surface area contributed by atoms with E-state index >= 15 is 0 Å². The first-order valence-corrected chi connectivity index (χ1v) is 10.4. The van der Waals surface area contributed by atoms with E-state index in [4.69, 9.17) is 0 Å². The molecule has 0 aliphatic rings. The van der Waals surface area contributed by atoms with E-state index in [1.807, 2.05) is 6.08 Å². The van der Waals surface area contributed by atoms with Crippen molar-refractivity contribution < 1.29 is 18.3 Å². The van der Waals surface area contributed by atoms with Crippen LogP contribution in [0.5, 0.6) is 5.75 Å². The Balaban J connectivity index is 1.90. The Labute approximate surface area is 185 Å². The first-order chi connectivity index (χ1) is 15.0. The van der Waals surface area contributed by atoms with Gasteiger partial charge in [0.2, 0.25) is 0 Å². The number of rotatable bonds is 8. The van der Waals surface area contributed by atoms with Crippen molar-refractivity contribution in [1.82, 2.24) is 24.6 Å². The molecule has 0 aliphatic carbocycles. The topological polar surface area (TPSA) is 67.1 Å². The van der Waals surface area contributed by atoms with E-state index in [1.165, 1.54) is 13.1 Å². The van der Waals surface area contributed by atoms with Gasteiger partial charge in [-0.1, -0.05) is 6.08 Å². The molecule has 0 bridgehead atoms. The highest BCUT2D eigenvalue weighted by Crippen LogP contribution is 2.38. The second kappa shape index (κ2) is 9.28. The summed E-state index contributed by atoms with van der Waals surface area (Å²) in [5, 5.41) is 14.8. The van der Waals surface area contributed by atoms with Gasteiger partial charge in [-0.3, -0.25) is 4.68 Å². The molecule has 1 aromatic carbocycles. The van der Waals surface area contributed by atoms with Gasteiger partial charge in [0.05, 0.1) is 23.7 Å². The van der Waals surface area contributed by atoms with Crippen LogP contribution in [0.1, 0.15) is 31.4 Å². The molecule has 2 aromatic heterocycles. The lowest BCUT2D eigenvalue weighted by atomic mass is 10.0. The average Bonchev–Trinajstić information content (AvgIpc) is 3.08. The summed E-state index contributed by atoms with van der Waals surface area (Å²) in [6.45, 7) is 11.2. The van der Waals surface area contributed by atoms with Crippen LogP contribution < -0.4 is 0 Å². The lowest BCUT2D eigenvalue weighted by Crippen LogP contribution is -2.33. The Kier molecular flexibility index (Phi) is 6.88. The molecule has 3 rings (SSSR count). The van der Waals surface area contributed by atoms with Crippen LogP contribution in [-0.2, 0) is 12.7 Å². The molecule has 172 valence electrons. The van der Waals surface area contributed by atoms with Crippen molar-refractivity contribution in [1.29, 1.82) is 0 Å². The van der Waals surface area contributed by atoms with Gasteiger partial charge in [-0.15, -0.1) is 6.58 Å². The largest absolute Gasteiger partial charge is 0.507 e. The maximum Gasteiger partial charge on any atom is 0.416 e. The number of benzene rings is 1. The summed E-state index contributed by atoms with van der Waals surface area (Å²) < 4.78 is 40.8. The molecular formula is C23H28F3N5O. The summed E-state index contributed by atoms with van der Waals surface area (Å²) in [6, 6.07) is 2.12. The van der Waals surface area contributed by atoms with E-state index < -0.39 is 17.5 Å². The predicted molar refractivity (Wildman–Crippen MR) is 118 cm³/mol. The Morgan fingerprint density at radius 1 is 1.28 bits per heavy atom. The van der Waals surface area contributed by atoms with E-state index in [0.29, 0.717) is 35.7 Å². The second-order valence-corrected chi connectivity index (χ2v) is 8.42. The second-order valence-electron chi connectivity index (χ2n) is 8.42. The minimum Gasteiger partial charge on any atom is -0.507 e. The first-order valence-electron chi connectivity index (χ1n) is 10.4. The molecular weight excluding hydrogens is 419 g/mol. The highest BCUT2D eigenvalue weighted by atomic mass is 19.4. The number of fused-ring (bicyclic) bond motifs is 1. The summed E-state index contributed by atoms with van der Waals surface area (Å²) in [6.07, 6.45) is 1.43. The third-order valence-corrected chi connectivity index (χ3v) is 5.55. The van der Waals surface area contributed by atoms with E-state index in [1.54, 1.807) is 10.9 Å². The summed E-state index contributed by atoms with van der Waals surface area (Å²) in [4.78, 5) is 11.1. The van der Waals surface area contributed by atoms with Crippen LogP contribution in [0.15, 0.2) is 37.2 Å². The number of aryl methyl sites for hydroxylation is 1. The van der Waals surface area contributed by atoms with Crippen molar-refractivity contribution in [3.05, 3.63) is 48.3 Å². The zero-order valence-electron chi connectivity index (χ0n) is 18.7. The number of phenolic OH excluding ortho intramolecular Hbond substituents is 1. The van der Waals surface area contributed by atoms with Crippen molar-refractivity contribution in [2.24, 2.45) is 5.92 Å². The molecule has 32 heavy (non-hydrogen) atoms. The molecule has 1 atom stereocenters. The normalized spacial score (nSPS) is 13.3. The van der Waals surface area contributed by atoms with Gasteiger partial charge in [0.1, 0.15) is 11.3 Å². The fourth-order valence-electron chi connectivity index (χ4n) is 3.65. The number of hydrogen-bond acceptors (Lipinski definition) is 5. The third kappa shape index (κ3) is 5.27. The number of nitrogens with zero attached hydrogens (tertiary/aromatic N) is 5. The quantitative estimate of drug-likeness (QED) is 0.489. The fourth-order valence-corrected chi connectivity index (χ4v) is 3.65. The molecule has 2 heterocycles. The number of hydrogen-bond donors (Lipinski definition) is 1. The first kappa shape index (κ1) is 23.7. The molecule has 6 nitrogen and oxygen atoms in total. The van der Waals surface area contributed by atoms with E-state index in [-0.39, 0.29) is 16.8 Å². The molecule has 0 saturated carbocycles. The van der Waals surface area contributed by atoms with Crippen LogP contribution in [-0.4, -0.2) is 49.4 Å². The van der Waals surface area contributed by atoms with E-state index in [0.717, 1.165) is 19.0 Å². The molecule has 0 aliphatic heterocycles. The molecule has 1 unspecified atom stereocenters. The highest BCUT2D eigenvalue weighted by molar-refractivity contribution is 5.77. The van der Waals surface area contributed by atoms with Gasteiger partial charge in [-0.25, -0.2) is 9.97 Å². The molecule has 0 radical (unpaired) electrons. The highest BCUT2D eigenvalue weighted by Gasteiger charge is 2.32. The molecule has 0 saturated heterocycles. The average molecular weight is 448 g/mol.